The average molecular weight is 260 g/mol. The molecule has 0 N–H and O–H groups in total. The lowest BCUT2D eigenvalue weighted by Gasteiger charge is -2.14. The Hall–Kier alpha value is -1.89. The summed E-state index contributed by atoms with van der Waals surface area (Å²) in [5, 5.41) is 21.8. The second-order valence-corrected chi connectivity index (χ2v) is 4.02. The van der Waals surface area contributed by atoms with Gasteiger partial charge in [0, 0.05) is 25.7 Å². The molecule has 92 valence electrons. The second-order valence-electron chi connectivity index (χ2n) is 3.61. The van der Waals surface area contributed by atoms with Crippen LogP contribution in [0, 0.1) is 27.2 Å². The van der Waals surface area contributed by atoms with Gasteiger partial charge in [-0.3, -0.25) is 20.2 Å². The first-order valence-corrected chi connectivity index (χ1v) is 4.94. The van der Waals surface area contributed by atoms with Crippen molar-refractivity contribution in [2.24, 2.45) is 0 Å². The van der Waals surface area contributed by atoms with Gasteiger partial charge >= 0.3 is 11.4 Å². The fraction of sp³-hybridized carbons (Fsp3) is 0.333. The summed E-state index contributed by atoms with van der Waals surface area (Å²) in [5.41, 5.74) is -0.556. The van der Waals surface area contributed by atoms with Crippen molar-refractivity contribution in [3.63, 3.8) is 0 Å². The van der Waals surface area contributed by atoms with Crippen LogP contribution in [-0.4, -0.2) is 23.9 Å². The predicted octanol–water partition coefficient (Wildman–Crippen LogP) is 2.53. The number of hydrogen-bond acceptors (Lipinski definition) is 5. The van der Waals surface area contributed by atoms with E-state index >= 15 is 0 Å². The Bertz CT molecular complexity index is 502. The highest BCUT2D eigenvalue weighted by atomic mass is 35.5. The molecule has 0 saturated carbocycles. The van der Waals surface area contributed by atoms with Crippen LogP contribution in [0.25, 0.3) is 0 Å². The van der Waals surface area contributed by atoms with Crippen molar-refractivity contribution >= 4 is 28.7 Å². The van der Waals surface area contributed by atoms with E-state index in [4.69, 9.17) is 11.6 Å². The summed E-state index contributed by atoms with van der Waals surface area (Å²) in [5.74, 6) is 0. The Morgan fingerprint density at radius 1 is 1.24 bits per heavy atom. The van der Waals surface area contributed by atoms with Crippen LogP contribution in [0.15, 0.2) is 6.07 Å². The molecule has 1 rings (SSSR count). The summed E-state index contributed by atoms with van der Waals surface area (Å²) < 4.78 is 0. The molecule has 0 heterocycles. The number of rotatable bonds is 3. The zero-order chi connectivity index (χ0) is 13.3. The third-order valence-electron chi connectivity index (χ3n) is 2.27. The van der Waals surface area contributed by atoms with E-state index in [2.05, 4.69) is 0 Å². The molecule has 0 bridgehead atoms. The summed E-state index contributed by atoms with van der Waals surface area (Å²) in [6.07, 6.45) is 0. The molecule has 1 aromatic carbocycles. The molecule has 1 aromatic rings. The van der Waals surface area contributed by atoms with E-state index in [1.807, 2.05) is 0 Å². The number of nitro benzene ring substituents is 2. The van der Waals surface area contributed by atoms with Gasteiger partial charge in [-0.1, -0.05) is 11.6 Å². The molecule has 0 unspecified atom stereocenters. The number of nitro groups is 2. The van der Waals surface area contributed by atoms with Crippen LogP contribution in [0.2, 0.25) is 5.02 Å². The molecule has 0 fully saturated rings. The van der Waals surface area contributed by atoms with Gasteiger partial charge in [0.25, 0.3) is 0 Å². The van der Waals surface area contributed by atoms with Gasteiger partial charge in [0.05, 0.1) is 14.9 Å². The van der Waals surface area contributed by atoms with Crippen LogP contribution < -0.4 is 4.90 Å². The maximum atomic E-state index is 11.0. The number of benzene rings is 1. The molecule has 8 heteroatoms. The van der Waals surface area contributed by atoms with E-state index in [1.54, 1.807) is 0 Å². The number of anilines is 1. The molecule has 0 aliphatic heterocycles. The van der Waals surface area contributed by atoms with Crippen molar-refractivity contribution in [1.82, 2.24) is 0 Å². The van der Waals surface area contributed by atoms with Crippen molar-refractivity contribution in [3.05, 3.63) is 36.9 Å². The molecule has 17 heavy (non-hydrogen) atoms. The number of hydrogen-bond donors (Lipinski definition) is 0. The standard InChI is InChI=1S/C9H10ClN3O4/c1-5-6(10)4-7(12(14)15)9(11(2)3)8(5)13(16)17/h4H,1-3H3. The quantitative estimate of drug-likeness (QED) is 0.614. The molecule has 0 radical (unpaired) electrons. The molecular formula is C9H10ClN3O4. The normalized spacial score (nSPS) is 10.1. The minimum absolute atomic E-state index is 0.00833. The van der Waals surface area contributed by atoms with Crippen molar-refractivity contribution in [2.75, 3.05) is 19.0 Å². The van der Waals surface area contributed by atoms with Gasteiger partial charge < -0.3 is 4.90 Å². The highest BCUT2D eigenvalue weighted by molar-refractivity contribution is 6.32. The minimum Gasteiger partial charge on any atom is -0.366 e. The molecule has 0 saturated heterocycles. The summed E-state index contributed by atoms with van der Waals surface area (Å²) in [6.45, 7) is 1.46. The van der Waals surface area contributed by atoms with Crippen LogP contribution in [-0.2, 0) is 0 Å². The molecular weight excluding hydrogens is 250 g/mol. The van der Waals surface area contributed by atoms with E-state index in [1.165, 1.54) is 25.9 Å². The Morgan fingerprint density at radius 3 is 2.12 bits per heavy atom. The second kappa shape index (κ2) is 4.54. The van der Waals surface area contributed by atoms with Crippen molar-refractivity contribution in [3.8, 4) is 0 Å². The smallest absolute Gasteiger partial charge is 0.304 e. The number of nitrogens with zero attached hydrogens (tertiary/aromatic N) is 3. The van der Waals surface area contributed by atoms with E-state index in [0.29, 0.717) is 0 Å². The topological polar surface area (TPSA) is 89.5 Å². The predicted molar refractivity (Wildman–Crippen MR) is 63.8 cm³/mol. The van der Waals surface area contributed by atoms with Gasteiger partial charge in [-0.15, -0.1) is 0 Å². The molecule has 0 spiro atoms. The van der Waals surface area contributed by atoms with Crippen LogP contribution >= 0.6 is 11.6 Å². The lowest BCUT2D eigenvalue weighted by atomic mass is 10.1. The molecule has 7 nitrogen and oxygen atoms in total. The maximum Gasteiger partial charge on any atom is 0.304 e. The molecule has 0 aliphatic carbocycles. The first-order valence-electron chi connectivity index (χ1n) is 4.56. The minimum atomic E-state index is -0.687. The third-order valence-corrected chi connectivity index (χ3v) is 2.66. The Labute approximate surface area is 102 Å². The summed E-state index contributed by atoms with van der Waals surface area (Å²) in [6, 6.07) is 1.12. The maximum absolute atomic E-state index is 11.0. The first-order chi connectivity index (χ1) is 7.77. The van der Waals surface area contributed by atoms with Gasteiger partial charge in [0.15, 0.2) is 5.69 Å². The van der Waals surface area contributed by atoms with Crippen molar-refractivity contribution in [2.45, 2.75) is 6.92 Å². The Morgan fingerprint density at radius 2 is 1.76 bits per heavy atom. The summed E-state index contributed by atoms with van der Waals surface area (Å²) >= 11 is 5.76. The third kappa shape index (κ3) is 2.28. The molecule has 0 atom stereocenters. The van der Waals surface area contributed by atoms with E-state index in [9.17, 15) is 20.2 Å². The van der Waals surface area contributed by atoms with E-state index in [-0.39, 0.29) is 27.6 Å². The van der Waals surface area contributed by atoms with Crippen LogP contribution in [0.3, 0.4) is 0 Å². The van der Waals surface area contributed by atoms with Crippen molar-refractivity contribution < 1.29 is 9.85 Å². The van der Waals surface area contributed by atoms with Gasteiger partial charge in [0.2, 0.25) is 0 Å². The highest BCUT2D eigenvalue weighted by Crippen LogP contribution is 2.42. The number of halogens is 1. The van der Waals surface area contributed by atoms with Gasteiger partial charge in [0.1, 0.15) is 0 Å². The van der Waals surface area contributed by atoms with Crippen LogP contribution in [0.1, 0.15) is 5.56 Å². The molecule has 0 amide bonds. The monoisotopic (exact) mass is 259 g/mol. The molecule has 0 aliphatic rings. The van der Waals surface area contributed by atoms with E-state index in [0.717, 1.165) is 6.07 Å². The van der Waals surface area contributed by atoms with Crippen LogP contribution in [0.4, 0.5) is 17.1 Å². The Kier molecular flexibility index (Phi) is 3.52. The van der Waals surface area contributed by atoms with Gasteiger partial charge in [-0.05, 0) is 6.92 Å². The van der Waals surface area contributed by atoms with Crippen LogP contribution in [0.5, 0.6) is 0 Å². The zero-order valence-corrected chi connectivity index (χ0v) is 10.2. The zero-order valence-electron chi connectivity index (χ0n) is 9.43. The summed E-state index contributed by atoms with van der Waals surface area (Å²) in [7, 11) is 3.01. The fourth-order valence-electron chi connectivity index (χ4n) is 1.51. The SMILES string of the molecule is Cc1c(Cl)cc([N+](=O)[O-])c(N(C)C)c1[N+](=O)[O-]. The van der Waals surface area contributed by atoms with Gasteiger partial charge in [-0.2, -0.15) is 0 Å². The van der Waals surface area contributed by atoms with Crippen molar-refractivity contribution in [1.29, 1.82) is 0 Å². The van der Waals surface area contributed by atoms with E-state index < -0.39 is 9.85 Å². The summed E-state index contributed by atoms with van der Waals surface area (Å²) in [4.78, 5) is 21.8. The lowest BCUT2D eigenvalue weighted by Crippen LogP contribution is -2.14. The first kappa shape index (κ1) is 13.2. The average Bonchev–Trinajstić information content (AvgIpc) is 2.19. The van der Waals surface area contributed by atoms with Gasteiger partial charge in [-0.25, -0.2) is 0 Å². The largest absolute Gasteiger partial charge is 0.366 e. The lowest BCUT2D eigenvalue weighted by molar-refractivity contribution is -0.392. The fourth-order valence-corrected chi connectivity index (χ4v) is 1.70. The molecule has 0 aromatic heterocycles. The Balaban J connectivity index is 3.76. The highest BCUT2D eigenvalue weighted by Gasteiger charge is 2.31.